The molecule has 1 aliphatic heterocycles. The number of esters is 1. The van der Waals surface area contributed by atoms with Crippen molar-refractivity contribution in [1.82, 2.24) is 20.0 Å². The van der Waals surface area contributed by atoms with E-state index < -0.39 is 11.5 Å². The Bertz CT molecular complexity index is 1070. The van der Waals surface area contributed by atoms with Crippen LogP contribution in [0.25, 0.3) is 0 Å². The van der Waals surface area contributed by atoms with E-state index in [0.717, 1.165) is 31.2 Å². The van der Waals surface area contributed by atoms with Crippen molar-refractivity contribution in [2.24, 2.45) is 0 Å². The monoisotopic (exact) mass is 482 g/mol. The summed E-state index contributed by atoms with van der Waals surface area (Å²) in [5.41, 5.74) is 0.00871. The lowest BCUT2D eigenvalue weighted by Crippen LogP contribution is -2.64. The van der Waals surface area contributed by atoms with Gasteiger partial charge in [-0.05, 0) is 44.4 Å². The molecule has 1 aliphatic carbocycles. The highest BCUT2D eigenvalue weighted by molar-refractivity contribution is 6.01. The molecule has 2 amide bonds. The van der Waals surface area contributed by atoms with Gasteiger partial charge in [0.1, 0.15) is 17.0 Å². The number of rotatable bonds is 7. The smallest absolute Gasteiger partial charge is 0.358 e. The molecule has 0 saturated heterocycles. The van der Waals surface area contributed by atoms with Crippen LogP contribution in [-0.4, -0.2) is 57.8 Å². The fourth-order valence-corrected chi connectivity index (χ4v) is 4.87. The van der Waals surface area contributed by atoms with E-state index >= 15 is 0 Å². The van der Waals surface area contributed by atoms with E-state index in [1.807, 2.05) is 24.3 Å². The van der Waals surface area contributed by atoms with Gasteiger partial charge in [0, 0.05) is 18.7 Å². The van der Waals surface area contributed by atoms with Crippen LogP contribution < -0.4 is 10.1 Å². The molecule has 9 nitrogen and oxygen atoms in total. The molecular formula is C26H34N4O5. The topological polar surface area (TPSA) is 103 Å². The number of nitrogens with zero attached hydrogens (tertiary/aromatic N) is 3. The maximum Gasteiger partial charge on any atom is 0.358 e. The van der Waals surface area contributed by atoms with E-state index in [0.29, 0.717) is 5.75 Å². The molecule has 2 aromatic rings. The van der Waals surface area contributed by atoms with E-state index in [2.05, 4.69) is 10.4 Å². The van der Waals surface area contributed by atoms with Crippen LogP contribution in [0, 0.1) is 0 Å². The van der Waals surface area contributed by atoms with Crippen LogP contribution in [0.5, 0.6) is 5.75 Å². The Labute approximate surface area is 205 Å². The first-order chi connectivity index (χ1) is 16.9. The van der Waals surface area contributed by atoms with Crippen LogP contribution in [0.1, 0.15) is 78.9 Å². The molecule has 35 heavy (non-hydrogen) atoms. The van der Waals surface area contributed by atoms with Gasteiger partial charge in [0.2, 0.25) is 5.91 Å². The molecule has 0 unspecified atom stereocenters. The molecule has 2 heterocycles. The van der Waals surface area contributed by atoms with Crippen molar-refractivity contribution in [3.63, 3.8) is 0 Å². The highest BCUT2D eigenvalue weighted by Gasteiger charge is 2.48. The maximum atomic E-state index is 13.7. The third kappa shape index (κ3) is 5.18. The number of carbonyl (C=O) groups excluding carboxylic acids is 3. The first-order valence-electron chi connectivity index (χ1n) is 12.4. The number of carbonyl (C=O) groups is 3. The van der Waals surface area contributed by atoms with E-state index in [1.165, 1.54) is 23.6 Å². The molecule has 0 spiro atoms. The summed E-state index contributed by atoms with van der Waals surface area (Å²) in [6, 6.07) is 8.96. The van der Waals surface area contributed by atoms with Gasteiger partial charge in [0.15, 0.2) is 5.69 Å². The molecular weight excluding hydrogens is 448 g/mol. The minimum atomic E-state index is -1.19. The van der Waals surface area contributed by atoms with Crippen molar-refractivity contribution in [2.75, 3.05) is 13.7 Å². The lowest BCUT2D eigenvalue weighted by molar-refractivity contribution is -0.134. The van der Waals surface area contributed by atoms with E-state index in [4.69, 9.17) is 9.47 Å². The number of aromatic nitrogens is 2. The van der Waals surface area contributed by atoms with Crippen molar-refractivity contribution >= 4 is 17.8 Å². The van der Waals surface area contributed by atoms with Crippen LogP contribution in [0.2, 0.25) is 0 Å². The molecule has 1 fully saturated rings. The molecule has 1 aromatic carbocycles. The summed E-state index contributed by atoms with van der Waals surface area (Å²) in [5, 5.41) is 7.54. The third-order valence-electron chi connectivity index (χ3n) is 6.96. The second kappa shape index (κ2) is 10.5. The standard InChI is InChI=1S/C26H34N4O5/c1-4-35-24(32)21-15-22-23(31)29(16-18-11-13-20(34-3)14-12-18)26(2,17-30(22)28-21)25(33)27-19-9-7-5-6-8-10-19/h11-15,19H,4-10,16-17H2,1-3H3,(H,27,33)/t26-/m0/s1. The zero-order valence-electron chi connectivity index (χ0n) is 20.7. The van der Waals surface area contributed by atoms with Crippen molar-refractivity contribution in [1.29, 1.82) is 0 Å². The molecule has 1 N–H and O–H groups in total. The van der Waals surface area contributed by atoms with Gasteiger partial charge in [-0.1, -0.05) is 37.8 Å². The predicted octanol–water partition coefficient (Wildman–Crippen LogP) is 3.32. The van der Waals surface area contributed by atoms with Gasteiger partial charge in [-0.15, -0.1) is 0 Å². The second-order valence-corrected chi connectivity index (χ2v) is 9.47. The Hall–Kier alpha value is -3.36. The van der Waals surface area contributed by atoms with Gasteiger partial charge in [-0.2, -0.15) is 5.10 Å². The number of benzene rings is 1. The fourth-order valence-electron chi connectivity index (χ4n) is 4.87. The molecule has 9 heteroatoms. The molecule has 1 saturated carbocycles. The number of hydrogen-bond donors (Lipinski definition) is 1. The minimum absolute atomic E-state index is 0.0630. The summed E-state index contributed by atoms with van der Waals surface area (Å²) in [4.78, 5) is 41.3. The van der Waals surface area contributed by atoms with Gasteiger partial charge in [-0.3, -0.25) is 14.3 Å². The van der Waals surface area contributed by atoms with Crippen molar-refractivity contribution in [3.8, 4) is 5.75 Å². The number of hydrogen-bond acceptors (Lipinski definition) is 6. The first-order valence-corrected chi connectivity index (χ1v) is 12.4. The van der Waals surface area contributed by atoms with Crippen molar-refractivity contribution in [3.05, 3.63) is 47.3 Å². The summed E-state index contributed by atoms with van der Waals surface area (Å²) in [7, 11) is 1.60. The highest BCUT2D eigenvalue weighted by atomic mass is 16.5. The summed E-state index contributed by atoms with van der Waals surface area (Å²) in [6.45, 7) is 4.07. The zero-order valence-corrected chi connectivity index (χ0v) is 20.7. The molecule has 0 bridgehead atoms. The number of nitrogens with one attached hydrogen (secondary N) is 1. The Balaban J connectivity index is 1.66. The lowest BCUT2D eigenvalue weighted by Gasteiger charge is -2.44. The van der Waals surface area contributed by atoms with Crippen LogP contribution in [-0.2, 0) is 22.6 Å². The van der Waals surface area contributed by atoms with E-state index in [9.17, 15) is 14.4 Å². The van der Waals surface area contributed by atoms with Gasteiger partial charge in [0.25, 0.3) is 5.91 Å². The van der Waals surface area contributed by atoms with Crippen molar-refractivity contribution in [2.45, 2.75) is 77.0 Å². The number of ether oxygens (including phenoxy) is 2. The van der Waals surface area contributed by atoms with Crippen molar-refractivity contribution < 1.29 is 23.9 Å². The molecule has 4 rings (SSSR count). The van der Waals surface area contributed by atoms with Crippen LogP contribution in [0.4, 0.5) is 0 Å². The normalized spacial score (nSPS) is 20.7. The highest BCUT2D eigenvalue weighted by Crippen LogP contribution is 2.31. The maximum absolute atomic E-state index is 13.7. The molecule has 1 atom stereocenters. The van der Waals surface area contributed by atoms with Crippen LogP contribution in [0.15, 0.2) is 30.3 Å². The van der Waals surface area contributed by atoms with Gasteiger partial charge < -0.3 is 19.7 Å². The number of fused-ring (bicyclic) bond motifs is 1. The zero-order chi connectivity index (χ0) is 25.0. The van der Waals surface area contributed by atoms with Gasteiger partial charge in [-0.25, -0.2) is 4.79 Å². The Morgan fingerprint density at radius 2 is 1.83 bits per heavy atom. The Kier molecular flexibility index (Phi) is 7.42. The number of methoxy groups -OCH3 is 1. The molecule has 0 radical (unpaired) electrons. The fraction of sp³-hybridized carbons (Fsp3) is 0.538. The molecule has 2 aliphatic rings. The average molecular weight is 483 g/mol. The van der Waals surface area contributed by atoms with Crippen LogP contribution in [0.3, 0.4) is 0 Å². The summed E-state index contributed by atoms with van der Waals surface area (Å²) in [6.07, 6.45) is 6.41. The minimum Gasteiger partial charge on any atom is -0.497 e. The SMILES string of the molecule is CCOC(=O)c1cc2n(n1)C[C@@](C)(C(=O)NC1CCCCCC1)N(Cc1ccc(OC)cc1)C2=O. The Morgan fingerprint density at radius 1 is 1.14 bits per heavy atom. The summed E-state index contributed by atoms with van der Waals surface area (Å²) < 4.78 is 11.8. The van der Waals surface area contributed by atoms with Gasteiger partial charge in [0.05, 0.1) is 20.3 Å². The largest absolute Gasteiger partial charge is 0.497 e. The second-order valence-electron chi connectivity index (χ2n) is 9.47. The van der Waals surface area contributed by atoms with Gasteiger partial charge >= 0.3 is 5.97 Å². The predicted molar refractivity (Wildman–Crippen MR) is 129 cm³/mol. The third-order valence-corrected chi connectivity index (χ3v) is 6.96. The average Bonchev–Trinajstić information content (AvgIpc) is 3.11. The van der Waals surface area contributed by atoms with E-state index in [-0.39, 0.29) is 48.9 Å². The van der Waals surface area contributed by atoms with Crippen LogP contribution >= 0.6 is 0 Å². The first kappa shape index (κ1) is 24.8. The molecule has 1 aromatic heterocycles. The quantitative estimate of drug-likeness (QED) is 0.480. The molecule has 188 valence electrons. The number of amides is 2. The summed E-state index contributed by atoms with van der Waals surface area (Å²) in [5.74, 6) is -0.433. The lowest BCUT2D eigenvalue weighted by atomic mass is 9.93. The van der Waals surface area contributed by atoms with E-state index in [1.54, 1.807) is 25.9 Å². The summed E-state index contributed by atoms with van der Waals surface area (Å²) >= 11 is 0. The Morgan fingerprint density at radius 3 is 2.46 bits per heavy atom.